The lowest BCUT2D eigenvalue weighted by molar-refractivity contribution is -0.149. The molecule has 2 aliphatic heterocycles. The van der Waals surface area contributed by atoms with Crippen molar-refractivity contribution in [3.63, 3.8) is 0 Å². The number of aromatic amines is 3. The predicted molar refractivity (Wildman–Crippen MR) is 490 cm³/mol. The first-order valence-corrected chi connectivity index (χ1v) is 44.8. The second-order valence-corrected chi connectivity index (χ2v) is 34.1. The fourth-order valence-electron chi connectivity index (χ4n) is 16.0. The number of aliphatic hydroxyl groups is 1. The quantitative estimate of drug-likeness (QED) is 0.0143. The van der Waals surface area contributed by atoms with Crippen molar-refractivity contribution < 1.29 is 91.4 Å². The van der Waals surface area contributed by atoms with Crippen LogP contribution in [0.3, 0.4) is 0 Å². The summed E-state index contributed by atoms with van der Waals surface area (Å²) in [5, 5.41) is 51.1. The molecular formula is C90H127N25O19. The zero-order valence-corrected chi connectivity index (χ0v) is 76.9. The maximum atomic E-state index is 15.7. The number of aliphatic hydroxyl groups excluding tert-OH is 1. The SMILES string of the molecule is CCCC[C@H]1C(=O)N(C)[C@@H](CCCC)C(=O)N[C@@H](CCCNC(=N)N)C(=O)N[C@H](C(=O)NCC(N)=O)CC(=O)NCC(=O)N[C@@H](Cc2ccccc2)C(=O)N(C)[C@@H](C)C(=O)N[C@@H](CC(N)=O)C(=O)N2CCC[C@H]2C(=O)N[C@@H](Cc2cnc[nH]2)C(=O)N[C@@H](CC(C)C)C(=O)N(C)CC(=O)N[C@@H](Cc2c[nH]c3ccccc23)C(=O)N[C@@H](CO)C(=O)N[C@@H](Cc2c[nH]c3ccccc23)C(=O)N1C. The van der Waals surface area contributed by atoms with Crippen molar-refractivity contribution in [2.45, 2.75) is 222 Å². The van der Waals surface area contributed by atoms with Gasteiger partial charge < -0.3 is 126 Å². The summed E-state index contributed by atoms with van der Waals surface area (Å²) in [7, 11) is 5.15. The van der Waals surface area contributed by atoms with E-state index in [9.17, 15) is 67.4 Å². The highest BCUT2D eigenvalue weighted by molar-refractivity contribution is 6.03. The molecule has 13 atom stereocenters. The van der Waals surface area contributed by atoms with Crippen molar-refractivity contribution in [3.8, 4) is 0 Å². The Morgan fingerprint density at radius 1 is 0.522 bits per heavy atom. The number of H-pyrrole nitrogens is 3. The lowest BCUT2D eigenvalue weighted by Gasteiger charge is -2.36. The molecule has 0 radical (unpaired) electrons. The van der Waals surface area contributed by atoms with Crippen LogP contribution >= 0.6 is 0 Å². The van der Waals surface area contributed by atoms with Crippen LogP contribution in [0.4, 0.5) is 0 Å². The molecule has 44 heteroatoms. The fraction of sp³-hybridized carbons (Fsp3) is 0.511. The lowest BCUT2D eigenvalue weighted by Crippen LogP contribution is -2.61. The van der Waals surface area contributed by atoms with E-state index in [1.165, 1.54) is 47.6 Å². The van der Waals surface area contributed by atoms with E-state index < -0.39 is 230 Å². The summed E-state index contributed by atoms with van der Waals surface area (Å²) in [5.41, 5.74) is 19.8. The number of nitrogens with two attached hydrogens (primary N) is 3. The molecule has 0 unspecified atom stereocenters. The Kier molecular flexibility index (Phi) is 39.9. The molecule has 6 aromatic rings. The molecule has 5 heterocycles. The number of carbonyl (C=O) groups is 18. The summed E-state index contributed by atoms with van der Waals surface area (Å²) in [6.45, 7) is 4.76. The largest absolute Gasteiger partial charge is 0.394 e. The van der Waals surface area contributed by atoms with Gasteiger partial charge in [-0.15, -0.1) is 0 Å². The second kappa shape index (κ2) is 50.9. The van der Waals surface area contributed by atoms with Gasteiger partial charge in [-0.1, -0.05) is 120 Å². The smallest absolute Gasteiger partial charge is 0.246 e. The third kappa shape index (κ3) is 30.3. The third-order valence-electron chi connectivity index (χ3n) is 23.5. The number of guanidine groups is 1. The summed E-state index contributed by atoms with van der Waals surface area (Å²) < 4.78 is 0. The van der Waals surface area contributed by atoms with Crippen LogP contribution in [-0.4, -0.2) is 308 Å². The Hall–Kier alpha value is -14.4. The fourth-order valence-corrected chi connectivity index (χ4v) is 16.0. The van der Waals surface area contributed by atoms with E-state index >= 15 is 24.0 Å². The third-order valence-corrected chi connectivity index (χ3v) is 23.5. The highest BCUT2D eigenvalue weighted by Crippen LogP contribution is 2.26. The molecule has 726 valence electrons. The predicted octanol–water partition coefficient (Wildman–Crippen LogP) is -3.36. The number of unbranched alkanes of at least 4 members (excludes halogenated alkanes) is 2. The number of fused-ring (bicyclic) bond motifs is 3. The molecule has 3 aromatic carbocycles. The van der Waals surface area contributed by atoms with E-state index in [2.05, 4.69) is 83.7 Å². The van der Waals surface area contributed by atoms with Gasteiger partial charge in [0.25, 0.3) is 0 Å². The normalized spacial score (nSPS) is 23.4. The second-order valence-electron chi connectivity index (χ2n) is 34.1. The van der Waals surface area contributed by atoms with Gasteiger partial charge >= 0.3 is 0 Å². The zero-order chi connectivity index (χ0) is 98.2. The molecule has 0 spiro atoms. The first-order chi connectivity index (χ1) is 63.8. The average Bonchev–Trinajstić information content (AvgIpc) is 1.40. The summed E-state index contributed by atoms with van der Waals surface area (Å²) in [6, 6.07) is 1.93. The standard InChI is InChI=1S/C90H127N25O19/c1-10-12-30-69-83(128)104-60(29-21-33-96-90(93)94)79(124)105-63(78(123)100-45-73(92)118)41-74(119)99-46-75(120)103-65(36-52-23-15-14-16-24-52)86(131)112(7)51(5)77(122)107-67(40-72(91)117)88(133)115-34-22-32-70(115)84(129)106-62(39-55-44-95-49-101-55)81(126)108-64(35-50(3)4)85(130)111(6)47-76(121)102-61(37-53-42-97-58-27-19-17-25-56(53)58)80(125)110-68(48-116)82(127)109-66(38-54-43-98-59-28-20-18-26-57(54)59)87(132)114(9)71(31-13-11-2)89(134)113(69)8/h14-20,23-28,42-44,49-51,60-71,97-98,116H,10-13,21-22,29-41,45-48H2,1-9H3,(H2,91,117)(H2,92,118)(H,95,101)(H,99,119)(H,100,123)(H,102,121)(H,103,120)(H,104,128)(H,105,124)(H,106,129)(H,107,122)(H,108,126)(H,109,127)(H,110,125)(H4,93,94,96)/t51-,60-,61-,62-,63-,64-,65-,66-,67-,68-,69-,70-,71-/m0/s1. The highest BCUT2D eigenvalue weighted by Gasteiger charge is 2.44. The number of para-hydroxylation sites is 2. The minimum Gasteiger partial charge on any atom is -0.394 e. The van der Waals surface area contributed by atoms with Crippen molar-refractivity contribution in [1.29, 1.82) is 5.41 Å². The Balaban J connectivity index is 1.18. The van der Waals surface area contributed by atoms with Crippen LogP contribution in [0, 0.1) is 11.3 Å². The molecule has 2 aliphatic rings. The maximum absolute atomic E-state index is 15.7. The van der Waals surface area contributed by atoms with Crippen molar-refractivity contribution in [3.05, 3.63) is 126 Å². The Bertz CT molecular complexity index is 5160. The topological polar surface area (TPSA) is 650 Å². The number of nitrogens with one attached hydrogen (secondary N) is 16. The monoisotopic (exact) mass is 1860 g/mol. The highest BCUT2D eigenvalue weighted by atomic mass is 16.3. The molecule has 2 fully saturated rings. The first kappa shape index (κ1) is 105. The van der Waals surface area contributed by atoms with E-state index in [-0.39, 0.29) is 89.6 Å². The van der Waals surface area contributed by atoms with Crippen LogP contribution in [0.5, 0.6) is 0 Å². The Labute approximate surface area is 774 Å². The van der Waals surface area contributed by atoms with Gasteiger partial charge in [-0.2, -0.15) is 0 Å². The number of aromatic nitrogens is 4. The first-order valence-electron chi connectivity index (χ1n) is 44.8. The number of benzene rings is 3. The molecule has 8 rings (SSSR count). The molecule has 0 bridgehead atoms. The zero-order valence-electron chi connectivity index (χ0n) is 76.9. The van der Waals surface area contributed by atoms with Crippen molar-refractivity contribution >= 4 is 134 Å². The number of hydrogen-bond acceptors (Lipinski definition) is 21. The van der Waals surface area contributed by atoms with Crippen LogP contribution in [-0.2, 0) is 112 Å². The molecule has 0 saturated carbocycles. The number of carbonyl (C=O) groups excluding carboxylic acids is 18. The minimum atomic E-state index is -1.90. The molecule has 134 heavy (non-hydrogen) atoms. The van der Waals surface area contributed by atoms with Crippen LogP contribution in [0.2, 0.25) is 0 Å². The van der Waals surface area contributed by atoms with Gasteiger partial charge in [-0.05, 0) is 86.6 Å². The van der Waals surface area contributed by atoms with Crippen LogP contribution in [0.1, 0.15) is 140 Å². The molecule has 18 amide bonds. The van der Waals surface area contributed by atoms with Crippen LogP contribution in [0.25, 0.3) is 21.8 Å². The van der Waals surface area contributed by atoms with Crippen LogP contribution < -0.4 is 81.0 Å². The number of primary amides is 2. The van der Waals surface area contributed by atoms with Gasteiger partial charge in [0.05, 0.1) is 45.4 Å². The summed E-state index contributed by atoms with van der Waals surface area (Å²) in [6.07, 6.45) is 4.55. The molecule has 3 aromatic heterocycles. The Morgan fingerprint density at radius 2 is 1.06 bits per heavy atom. The summed E-state index contributed by atoms with van der Waals surface area (Å²) in [4.78, 5) is 281. The van der Waals surface area contributed by atoms with Gasteiger partial charge in [0.2, 0.25) is 106 Å². The molecule has 0 aliphatic carbocycles. The van der Waals surface area contributed by atoms with E-state index in [1.807, 2.05) is 13.8 Å². The van der Waals surface area contributed by atoms with Gasteiger partial charge in [0.15, 0.2) is 5.96 Å². The van der Waals surface area contributed by atoms with Crippen molar-refractivity contribution in [2.75, 3.05) is 67.5 Å². The number of rotatable bonds is 26. The lowest BCUT2D eigenvalue weighted by atomic mass is 10.00. The van der Waals surface area contributed by atoms with E-state index in [1.54, 1.807) is 105 Å². The van der Waals surface area contributed by atoms with Gasteiger partial charge in [0, 0.05) is 113 Å². The van der Waals surface area contributed by atoms with Crippen molar-refractivity contribution in [2.24, 2.45) is 23.1 Å². The van der Waals surface area contributed by atoms with Crippen molar-refractivity contribution in [1.82, 2.24) is 108 Å². The molecule has 44 nitrogen and oxygen atoms in total. The van der Waals surface area contributed by atoms with Gasteiger partial charge in [-0.25, -0.2) is 4.98 Å². The average molecular weight is 1860 g/mol. The number of amides is 18. The maximum Gasteiger partial charge on any atom is 0.246 e. The van der Waals surface area contributed by atoms with Gasteiger partial charge in [-0.3, -0.25) is 91.7 Å². The minimum absolute atomic E-state index is 0.00122. The number of nitrogens with zero attached hydrogens (tertiary/aromatic N) is 6. The molecular weight excluding hydrogens is 1740 g/mol. The Morgan fingerprint density at radius 3 is 1.66 bits per heavy atom. The van der Waals surface area contributed by atoms with E-state index in [0.29, 0.717) is 69.9 Å². The van der Waals surface area contributed by atoms with E-state index in [0.717, 1.165) is 24.5 Å². The number of hydrogen-bond donors (Lipinski definition) is 20. The van der Waals surface area contributed by atoms with E-state index in [4.69, 9.17) is 22.6 Å². The molecule has 2 saturated heterocycles. The van der Waals surface area contributed by atoms with Gasteiger partial charge in [0.1, 0.15) is 78.5 Å². The van der Waals surface area contributed by atoms with Crippen LogP contribution in [0.15, 0.2) is 104 Å². The number of imidazole rings is 1. The molecule has 23 N–H and O–H groups in total. The summed E-state index contributed by atoms with van der Waals surface area (Å²) in [5.74, 6) is -18.2. The summed E-state index contributed by atoms with van der Waals surface area (Å²) >= 11 is 0. The number of likely N-dealkylation sites (N-methyl/N-ethyl adjacent to an activating group) is 4.